The third-order valence-electron chi connectivity index (χ3n) is 3.20. The van der Waals surface area contributed by atoms with Crippen LogP contribution in [-0.2, 0) is 6.54 Å². The van der Waals surface area contributed by atoms with Crippen molar-refractivity contribution in [1.82, 2.24) is 9.55 Å². The molecule has 0 radical (unpaired) electrons. The second-order valence-corrected chi connectivity index (χ2v) is 5.76. The Hall–Kier alpha value is -1.23. The second kappa shape index (κ2) is 5.61. The average molecular weight is 267 g/mol. The maximum absolute atomic E-state index is 11.8. The SMILES string of the molecule is Cc1cc(C)n(CCCC(C)(C)C(N)=S)c(=O)n1. The van der Waals surface area contributed by atoms with Crippen molar-refractivity contribution in [3.8, 4) is 0 Å². The quantitative estimate of drug-likeness (QED) is 0.828. The Kier molecular flexibility index (Phi) is 4.62. The normalized spacial score (nSPS) is 11.6. The Morgan fingerprint density at radius 2 is 2.11 bits per heavy atom. The van der Waals surface area contributed by atoms with Gasteiger partial charge in [0.1, 0.15) is 0 Å². The maximum atomic E-state index is 11.8. The Labute approximate surface area is 113 Å². The number of thiocarbonyl (C=S) groups is 1. The summed E-state index contributed by atoms with van der Waals surface area (Å²) in [6.07, 6.45) is 1.72. The minimum Gasteiger partial charge on any atom is -0.393 e. The smallest absolute Gasteiger partial charge is 0.347 e. The first-order valence-corrected chi connectivity index (χ1v) is 6.50. The molecule has 4 nitrogen and oxygen atoms in total. The number of nitrogens with two attached hydrogens (primary N) is 1. The molecule has 0 aliphatic rings. The van der Waals surface area contributed by atoms with Crippen molar-refractivity contribution in [1.29, 1.82) is 0 Å². The fourth-order valence-electron chi connectivity index (χ4n) is 1.85. The molecule has 18 heavy (non-hydrogen) atoms. The molecule has 0 saturated heterocycles. The summed E-state index contributed by atoms with van der Waals surface area (Å²) in [5, 5.41) is 0. The van der Waals surface area contributed by atoms with E-state index >= 15 is 0 Å². The molecule has 0 aromatic carbocycles. The van der Waals surface area contributed by atoms with Crippen LogP contribution in [0.25, 0.3) is 0 Å². The van der Waals surface area contributed by atoms with Crippen LogP contribution in [0, 0.1) is 19.3 Å². The molecule has 5 heteroatoms. The molecule has 1 heterocycles. The van der Waals surface area contributed by atoms with Crippen molar-refractivity contribution in [2.24, 2.45) is 11.1 Å². The molecular weight excluding hydrogens is 246 g/mol. The van der Waals surface area contributed by atoms with Gasteiger partial charge in [-0.25, -0.2) is 4.79 Å². The molecule has 100 valence electrons. The van der Waals surface area contributed by atoms with Gasteiger partial charge in [0.25, 0.3) is 0 Å². The van der Waals surface area contributed by atoms with Crippen molar-refractivity contribution in [2.45, 2.75) is 47.1 Å². The van der Waals surface area contributed by atoms with Gasteiger partial charge < -0.3 is 5.73 Å². The van der Waals surface area contributed by atoms with Crippen LogP contribution in [0.1, 0.15) is 38.1 Å². The van der Waals surface area contributed by atoms with E-state index in [4.69, 9.17) is 18.0 Å². The van der Waals surface area contributed by atoms with Crippen LogP contribution in [0.3, 0.4) is 0 Å². The highest BCUT2D eigenvalue weighted by Crippen LogP contribution is 2.22. The fourth-order valence-corrected chi connectivity index (χ4v) is 1.95. The van der Waals surface area contributed by atoms with Crippen LogP contribution in [-0.4, -0.2) is 14.5 Å². The molecule has 0 atom stereocenters. The number of aryl methyl sites for hydroxylation is 2. The zero-order valence-electron chi connectivity index (χ0n) is 11.5. The first kappa shape index (κ1) is 14.8. The molecule has 0 aliphatic carbocycles. The van der Waals surface area contributed by atoms with Gasteiger partial charge in [-0.15, -0.1) is 0 Å². The lowest BCUT2D eigenvalue weighted by molar-refractivity contribution is 0.429. The highest BCUT2D eigenvalue weighted by Gasteiger charge is 2.20. The molecular formula is C13H21N3OS. The van der Waals surface area contributed by atoms with E-state index in [0.29, 0.717) is 11.5 Å². The van der Waals surface area contributed by atoms with Crippen molar-refractivity contribution >= 4 is 17.2 Å². The van der Waals surface area contributed by atoms with Crippen LogP contribution in [0.5, 0.6) is 0 Å². The van der Waals surface area contributed by atoms with E-state index in [1.807, 2.05) is 33.8 Å². The molecule has 0 fully saturated rings. The van der Waals surface area contributed by atoms with E-state index in [1.165, 1.54) is 0 Å². The van der Waals surface area contributed by atoms with Gasteiger partial charge in [0.05, 0.1) is 4.99 Å². The van der Waals surface area contributed by atoms with Crippen LogP contribution in [0.15, 0.2) is 10.9 Å². The van der Waals surface area contributed by atoms with Crippen molar-refractivity contribution in [3.05, 3.63) is 27.9 Å². The Morgan fingerprint density at radius 3 is 2.61 bits per heavy atom. The van der Waals surface area contributed by atoms with E-state index in [1.54, 1.807) is 4.57 Å². The Bertz CT molecular complexity index is 505. The zero-order valence-corrected chi connectivity index (χ0v) is 12.3. The molecule has 1 aromatic rings. The van der Waals surface area contributed by atoms with Gasteiger partial charge in [0.15, 0.2) is 0 Å². The number of nitrogens with zero attached hydrogens (tertiary/aromatic N) is 2. The van der Waals surface area contributed by atoms with Crippen LogP contribution in [0.2, 0.25) is 0 Å². The van der Waals surface area contributed by atoms with Gasteiger partial charge in [0.2, 0.25) is 0 Å². The summed E-state index contributed by atoms with van der Waals surface area (Å²) in [6.45, 7) is 8.46. The molecule has 0 bridgehead atoms. The number of rotatable bonds is 5. The predicted molar refractivity (Wildman–Crippen MR) is 77.8 cm³/mol. The Morgan fingerprint density at radius 1 is 1.50 bits per heavy atom. The third kappa shape index (κ3) is 3.63. The minimum atomic E-state index is -0.180. The summed E-state index contributed by atoms with van der Waals surface area (Å²) in [5.74, 6) is 0. The highest BCUT2D eigenvalue weighted by atomic mass is 32.1. The summed E-state index contributed by atoms with van der Waals surface area (Å²) < 4.78 is 1.70. The van der Waals surface area contributed by atoms with Gasteiger partial charge in [-0.1, -0.05) is 26.1 Å². The summed E-state index contributed by atoms with van der Waals surface area (Å²) >= 11 is 5.03. The largest absolute Gasteiger partial charge is 0.393 e. The molecule has 0 unspecified atom stereocenters. The Balaban J connectivity index is 2.71. The lowest BCUT2D eigenvalue weighted by atomic mass is 9.88. The monoisotopic (exact) mass is 267 g/mol. The van der Waals surface area contributed by atoms with E-state index in [2.05, 4.69) is 4.98 Å². The molecule has 1 aromatic heterocycles. The molecule has 2 N–H and O–H groups in total. The first-order chi connectivity index (χ1) is 8.24. The zero-order chi connectivity index (χ0) is 13.9. The molecule has 1 rings (SSSR count). The lowest BCUT2D eigenvalue weighted by Gasteiger charge is -2.23. The van der Waals surface area contributed by atoms with Gasteiger partial charge in [-0.2, -0.15) is 4.98 Å². The highest BCUT2D eigenvalue weighted by molar-refractivity contribution is 7.80. The summed E-state index contributed by atoms with van der Waals surface area (Å²) in [4.78, 5) is 16.2. The number of hydrogen-bond donors (Lipinski definition) is 1. The summed E-state index contributed by atoms with van der Waals surface area (Å²) in [6, 6.07) is 1.92. The number of aromatic nitrogens is 2. The molecule has 0 aliphatic heterocycles. The number of hydrogen-bond acceptors (Lipinski definition) is 3. The van der Waals surface area contributed by atoms with E-state index < -0.39 is 0 Å². The lowest BCUT2D eigenvalue weighted by Crippen LogP contribution is -2.31. The van der Waals surface area contributed by atoms with Crippen LogP contribution in [0.4, 0.5) is 0 Å². The molecule has 0 amide bonds. The first-order valence-electron chi connectivity index (χ1n) is 6.09. The topological polar surface area (TPSA) is 60.9 Å². The maximum Gasteiger partial charge on any atom is 0.347 e. The molecule has 0 saturated carbocycles. The van der Waals surface area contributed by atoms with Gasteiger partial charge >= 0.3 is 5.69 Å². The molecule has 0 spiro atoms. The third-order valence-corrected chi connectivity index (χ3v) is 3.75. The van der Waals surface area contributed by atoms with Crippen LogP contribution < -0.4 is 11.4 Å². The van der Waals surface area contributed by atoms with Crippen molar-refractivity contribution < 1.29 is 0 Å². The average Bonchev–Trinajstić information content (AvgIpc) is 2.21. The summed E-state index contributed by atoms with van der Waals surface area (Å²) in [5.41, 5.74) is 7.04. The van der Waals surface area contributed by atoms with E-state index in [-0.39, 0.29) is 11.1 Å². The van der Waals surface area contributed by atoms with Gasteiger partial charge in [0, 0.05) is 23.3 Å². The van der Waals surface area contributed by atoms with Crippen molar-refractivity contribution in [3.63, 3.8) is 0 Å². The standard InChI is InChI=1S/C13H21N3OS/c1-9-8-10(2)16(12(17)15-9)7-5-6-13(3,4)11(14)18/h8H,5-7H2,1-4H3,(H2,14,18). The fraction of sp³-hybridized carbons (Fsp3) is 0.615. The van der Waals surface area contributed by atoms with Gasteiger partial charge in [-0.05, 0) is 32.8 Å². The van der Waals surface area contributed by atoms with Crippen molar-refractivity contribution in [2.75, 3.05) is 0 Å². The second-order valence-electron chi connectivity index (χ2n) is 5.32. The van der Waals surface area contributed by atoms with E-state index in [9.17, 15) is 4.79 Å². The predicted octanol–water partition coefficient (Wildman–Crippen LogP) is 1.95. The summed E-state index contributed by atoms with van der Waals surface area (Å²) in [7, 11) is 0. The van der Waals surface area contributed by atoms with Gasteiger partial charge in [-0.3, -0.25) is 4.57 Å². The van der Waals surface area contributed by atoms with E-state index in [0.717, 1.165) is 24.2 Å². The van der Waals surface area contributed by atoms with Crippen LogP contribution >= 0.6 is 12.2 Å². The minimum absolute atomic E-state index is 0.162.